The van der Waals surface area contributed by atoms with Crippen LogP contribution in [-0.4, -0.2) is 56.8 Å². The lowest BCUT2D eigenvalue weighted by atomic mass is 10.1. The smallest absolute Gasteiger partial charge is 0.259 e. The molecule has 24 heavy (non-hydrogen) atoms. The van der Waals surface area contributed by atoms with Crippen molar-refractivity contribution < 1.29 is 9.32 Å². The van der Waals surface area contributed by atoms with Crippen LogP contribution in [-0.2, 0) is 13.1 Å². The lowest BCUT2D eigenvalue weighted by molar-refractivity contribution is 0.0758. The number of rotatable bonds is 4. The number of hydrogen-bond donors (Lipinski definition) is 0. The maximum atomic E-state index is 12.8. The minimum Gasteiger partial charge on any atom is -0.361 e. The van der Waals surface area contributed by atoms with Crippen LogP contribution in [0, 0.1) is 13.8 Å². The predicted octanol–water partition coefficient (Wildman–Crippen LogP) is 1.86. The van der Waals surface area contributed by atoms with Gasteiger partial charge in [0.05, 0.1) is 11.4 Å². The van der Waals surface area contributed by atoms with E-state index in [0.29, 0.717) is 17.0 Å². The average molecular weight is 331 g/mol. The highest BCUT2D eigenvalue weighted by Crippen LogP contribution is 2.17. The van der Waals surface area contributed by atoms with E-state index in [-0.39, 0.29) is 5.91 Å². The molecule has 0 aromatic carbocycles. The van der Waals surface area contributed by atoms with Crippen LogP contribution < -0.4 is 0 Å². The lowest BCUT2D eigenvalue weighted by Gasteiger charge is -2.21. The summed E-state index contributed by atoms with van der Waals surface area (Å²) in [6, 6.07) is 2.07. The van der Waals surface area contributed by atoms with E-state index >= 15 is 0 Å². The number of amides is 1. The molecule has 2 aromatic heterocycles. The Balaban J connectivity index is 1.61. The summed E-state index contributed by atoms with van der Waals surface area (Å²) < 4.78 is 7.08. The van der Waals surface area contributed by atoms with Crippen LogP contribution in [0.4, 0.5) is 0 Å². The van der Waals surface area contributed by atoms with Crippen molar-refractivity contribution in [1.82, 2.24) is 24.7 Å². The van der Waals surface area contributed by atoms with Crippen molar-refractivity contribution >= 4 is 5.91 Å². The number of hydrogen-bond acceptors (Lipinski definition) is 5. The number of carbonyl (C=O) groups is 1. The summed E-state index contributed by atoms with van der Waals surface area (Å²) >= 11 is 0. The highest BCUT2D eigenvalue weighted by atomic mass is 16.5. The molecule has 1 saturated heterocycles. The van der Waals surface area contributed by atoms with Gasteiger partial charge in [-0.25, -0.2) is 0 Å². The molecule has 0 spiro atoms. The Bertz CT molecular complexity index is 686. The van der Waals surface area contributed by atoms with Gasteiger partial charge in [-0.05, 0) is 33.3 Å². The number of aromatic nitrogens is 3. The van der Waals surface area contributed by atoms with E-state index < -0.39 is 0 Å². The van der Waals surface area contributed by atoms with Gasteiger partial charge in [-0.15, -0.1) is 0 Å². The summed E-state index contributed by atoms with van der Waals surface area (Å²) in [4.78, 5) is 17.0. The normalized spacial score (nSPS) is 16.4. The minimum atomic E-state index is 0.0309. The van der Waals surface area contributed by atoms with Gasteiger partial charge in [0, 0.05) is 45.5 Å². The van der Waals surface area contributed by atoms with E-state index in [2.05, 4.69) is 28.1 Å². The third-order valence-electron chi connectivity index (χ3n) is 4.53. The summed E-state index contributed by atoms with van der Waals surface area (Å²) in [6.07, 6.45) is 2.98. The molecule has 1 amide bonds. The zero-order chi connectivity index (χ0) is 17.1. The summed E-state index contributed by atoms with van der Waals surface area (Å²) in [7, 11) is 0. The van der Waals surface area contributed by atoms with Crippen LogP contribution in [0.2, 0.25) is 0 Å². The van der Waals surface area contributed by atoms with Crippen molar-refractivity contribution in [2.24, 2.45) is 0 Å². The highest BCUT2D eigenvalue weighted by Gasteiger charge is 2.25. The van der Waals surface area contributed by atoms with Crippen molar-refractivity contribution in [2.45, 2.75) is 40.3 Å². The van der Waals surface area contributed by atoms with E-state index in [1.54, 1.807) is 6.92 Å². The Morgan fingerprint density at radius 3 is 2.75 bits per heavy atom. The first kappa shape index (κ1) is 16.7. The Hall–Kier alpha value is -2.15. The molecule has 0 unspecified atom stereocenters. The molecule has 7 nitrogen and oxygen atoms in total. The lowest BCUT2D eigenvalue weighted by Crippen LogP contribution is -2.35. The van der Waals surface area contributed by atoms with Gasteiger partial charge in [0.2, 0.25) is 0 Å². The van der Waals surface area contributed by atoms with E-state index in [1.165, 1.54) is 0 Å². The molecule has 0 saturated carbocycles. The molecule has 0 N–H and O–H groups in total. The quantitative estimate of drug-likeness (QED) is 0.855. The van der Waals surface area contributed by atoms with Crippen molar-refractivity contribution in [3.8, 4) is 0 Å². The molecule has 1 aliphatic rings. The van der Waals surface area contributed by atoms with Crippen LogP contribution in [0.1, 0.15) is 40.9 Å². The fourth-order valence-corrected chi connectivity index (χ4v) is 3.17. The van der Waals surface area contributed by atoms with Gasteiger partial charge < -0.3 is 9.42 Å². The Kier molecular flexibility index (Phi) is 4.99. The summed E-state index contributed by atoms with van der Waals surface area (Å²) in [6.45, 7) is 10.7. The zero-order valence-corrected chi connectivity index (χ0v) is 14.7. The Labute approximate surface area is 142 Å². The van der Waals surface area contributed by atoms with Gasteiger partial charge in [-0.2, -0.15) is 5.10 Å². The second-order valence-corrected chi connectivity index (χ2v) is 6.28. The maximum absolute atomic E-state index is 12.8. The Morgan fingerprint density at radius 1 is 1.25 bits per heavy atom. The first-order valence-electron chi connectivity index (χ1n) is 8.55. The van der Waals surface area contributed by atoms with Crippen molar-refractivity contribution in [3.63, 3.8) is 0 Å². The predicted molar refractivity (Wildman–Crippen MR) is 89.7 cm³/mol. The van der Waals surface area contributed by atoms with Crippen molar-refractivity contribution in [1.29, 1.82) is 0 Å². The molecular weight excluding hydrogens is 306 g/mol. The van der Waals surface area contributed by atoms with E-state index in [1.807, 2.05) is 22.7 Å². The number of carbonyl (C=O) groups excluding carboxylic acids is 1. The first-order chi connectivity index (χ1) is 11.6. The monoisotopic (exact) mass is 331 g/mol. The molecule has 0 bridgehead atoms. The van der Waals surface area contributed by atoms with Crippen molar-refractivity contribution in [3.05, 3.63) is 35.0 Å². The summed E-state index contributed by atoms with van der Waals surface area (Å²) in [5.41, 5.74) is 2.37. The molecule has 3 heterocycles. The van der Waals surface area contributed by atoms with E-state index in [4.69, 9.17) is 4.52 Å². The second kappa shape index (κ2) is 7.17. The largest absolute Gasteiger partial charge is 0.361 e. The molecule has 0 radical (unpaired) electrons. The molecular formula is C17H25N5O2. The molecule has 1 fully saturated rings. The van der Waals surface area contributed by atoms with Gasteiger partial charge in [-0.1, -0.05) is 5.16 Å². The molecule has 130 valence electrons. The molecule has 0 atom stereocenters. The zero-order valence-electron chi connectivity index (χ0n) is 14.7. The molecule has 2 aromatic rings. The van der Waals surface area contributed by atoms with Gasteiger partial charge >= 0.3 is 0 Å². The number of aryl methyl sites for hydroxylation is 3. The molecule has 0 aliphatic carbocycles. The topological polar surface area (TPSA) is 67.4 Å². The van der Waals surface area contributed by atoms with Crippen LogP contribution in [0.5, 0.6) is 0 Å². The summed E-state index contributed by atoms with van der Waals surface area (Å²) in [5, 5.41) is 8.44. The van der Waals surface area contributed by atoms with Gasteiger partial charge in [0.15, 0.2) is 0 Å². The van der Waals surface area contributed by atoms with Crippen LogP contribution in [0.25, 0.3) is 0 Å². The highest BCUT2D eigenvalue weighted by molar-refractivity contribution is 5.96. The SMILES string of the molecule is CCn1ccc(CN2CCCN(C(=O)c3c(C)noc3C)CC2)n1. The minimum absolute atomic E-state index is 0.0309. The van der Waals surface area contributed by atoms with Crippen molar-refractivity contribution in [2.75, 3.05) is 26.2 Å². The van der Waals surface area contributed by atoms with Crippen LogP contribution >= 0.6 is 0 Å². The fourth-order valence-electron chi connectivity index (χ4n) is 3.17. The third-order valence-corrected chi connectivity index (χ3v) is 4.53. The average Bonchev–Trinajstić information content (AvgIpc) is 3.07. The standard InChI is InChI=1S/C17H25N5O2/c1-4-22-9-6-15(18-22)12-20-7-5-8-21(11-10-20)17(23)16-13(2)19-24-14(16)3/h6,9H,4-5,7-8,10-12H2,1-3H3. The van der Waals surface area contributed by atoms with Gasteiger partial charge in [0.1, 0.15) is 11.3 Å². The van der Waals surface area contributed by atoms with Crippen LogP contribution in [0.3, 0.4) is 0 Å². The number of nitrogens with zero attached hydrogens (tertiary/aromatic N) is 5. The first-order valence-corrected chi connectivity index (χ1v) is 8.55. The Morgan fingerprint density at radius 2 is 2.08 bits per heavy atom. The van der Waals surface area contributed by atoms with E-state index in [0.717, 1.165) is 51.4 Å². The van der Waals surface area contributed by atoms with Gasteiger partial charge in [0.25, 0.3) is 5.91 Å². The summed E-state index contributed by atoms with van der Waals surface area (Å²) in [5.74, 6) is 0.632. The van der Waals surface area contributed by atoms with Gasteiger partial charge in [-0.3, -0.25) is 14.4 Å². The molecule has 3 rings (SSSR count). The fraction of sp³-hybridized carbons (Fsp3) is 0.588. The molecule has 7 heteroatoms. The maximum Gasteiger partial charge on any atom is 0.259 e. The second-order valence-electron chi connectivity index (χ2n) is 6.28. The van der Waals surface area contributed by atoms with Crippen LogP contribution in [0.15, 0.2) is 16.8 Å². The molecule has 1 aliphatic heterocycles. The van der Waals surface area contributed by atoms with E-state index in [9.17, 15) is 4.79 Å². The third kappa shape index (κ3) is 3.51.